The van der Waals surface area contributed by atoms with Gasteiger partial charge in [0.1, 0.15) is 12.4 Å². The monoisotopic (exact) mass is 223 g/mol. The van der Waals surface area contributed by atoms with Crippen LogP contribution in [0, 0.1) is 5.41 Å². The lowest BCUT2D eigenvalue weighted by Crippen LogP contribution is -2.18. The molecule has 1 rings (SSSR count). The molecule has 0 aliphatic rings. The van der Waals surface area contributed by atoms with Crippen LogP contribution in [0.3, 0.4) is 0 Å². The number of rotatable bonds is 5. The number of hydrogen-bond acceptors (Lipinski definition) is 3. The van der Waals surface area contributed by atoms with Gasteiger partial charge in [0.05, 0.1) is 6.61 Å². The molecule has 0 radical (unpaired) electrons. The molecule has 0 amide bonds. The second-order valence-electron chi connectivity index (χ2n) is 5.01. The van der Waals surface area contributed by atoms with Crippen LogP contribution in [0.1, 0.15) is 20.8 Å². The predicted octanol–water partition coefficient (Wildman–Crippen LogP) is 2.52. The Morgan fingerprint density at radius 3 is 2.31 bits per heavy atom. The Kier molecular flexibility index (Phi) is 4.62. The Morgan fingerprint density at radius 1 is 1.19 bits per heavy atom. The van der Waals surface area contributed by atoms with Crippen molar-refractivity contribution in [2.75, 3.05) is 25.1 Å². The lowest BCUT2D eigenvalue weighted by molar-refractivity contribution is 0.201. The molecule has 0 heterocycles. The third-order valence-corrected chi connectivity index (χ3v) is 2.04. The van der Waals surface area contributed by atoms with Crippen molar-refractivity contribution < 1.29 is 9.84 Å². The van der Waals surface area contributed by atoms with Gasteiger partial charge in [0.25, 0.3) is 0 Å². The summed E-state index contributed by atoms with van der Waals surface area (Å²) < 4.78 is 5.28. The van der Waals surface area contributed by atoms with Crippen LogP contribution in [0.25, 0.3) is 0 Å². The molecule has 0 fully saturated rings. The lowest BCUT2D eigenvalue weighted by atomic mass is 9.97. The average molecular weight is 223 g/mol. The summed E-state index contributed by atoms with van der Waals surface area (Å²) >= 11 is 0. The highest BCUT2D eigenvalue weighted by Crippen LogP contribution is 2.18. The summed E-state index contributed by atoms with van der Waals surface area (Å²) in [6, 6.07) is 7.78. The van der Waals surface area contributed by atoms with E-state index in [1.807, 2.05) is 24.3 Å². The van der Waals surface area contributed by atoms with E-state index in [4.69, 9.17) is 9.84 Å². The van der Waals surface area contributed by atoms with Gasteiger partial charge in [-0.3, -0.25) is 0 Å². The van der Waals surface area contributed by atoms with E-state index in [-0.39, 0.29) is 12.0 Å². The predicted molar refractivity (Wildman–Crippen MR) is 67.0 cm³/mol. The summed E-state index contributed by atoms with van der Waals surface area (Å²) in [6.45, 7) is 7.90. The van der Waals surface area contributed by atoms with Crippen LogP contribution in [-0.2, 0) is 0 Å². The Balaban J connectivity index is 2.45. The van der Waals surface area contributed by atoms with Crippen LogP contribution < -0.4 is 10.1 Å². The summed E-state index contributed by atoms with van der Waals surface area (Å²) in [5.41, 5.74) is 1.36. The van der Waals surface area contributed by atoms with Crippen molar-refractivity contribution in [1.82, 2.24) is 0 Å². The van der Waals surface area contributed by atoms with Crippen LogP contribution in [0.4, 0.5) is 5.69 Å². The van der Waals surface area contributed by atoms with E-state index < -0.39 is 0 Å². The average Bonchev–Trinajstić information content (AvgIpc) is 2.24. The molecule has 3 heteroatoms. The van der Waals surface area contributed by atoms with Gasteiger partial charge in [0.2, 0.25) is 0 Å². The first-order chi connectivity index (χ1) is 7.51. The van der Waals surface area contributed by atoms with Gasteiger partial charge < -0.3 is 15.2 Å². The van der Waals surface area contributed by atoms with Crippen molar-refractivity contribution in [3.8, 4) is 5.75 Å². The smallest absolute Gasteiger partial charge is 0.119 e. The molecule has 0 aliphatic carbocycles. The van der Waals surface area contributed by atoms with E-state index in [1.165, 1.54) is 0 Å². The summed E-state index contributed by atoms with van der Waals surface area (Å²) in [5, 5.41) is 12.0. The van der Waals surface area contributed by atoms with E-state index in [9.17, 15) is 0 Å². The van der Waals surface area contributed by atoms with E-state index in [0.717, 1.165) is 18.0 Å². The molecule has 3 nitrogen and oxygen atoms in total. The fourth-order valence-corrected chi connectivity index (χ4v) is 1.20. The molecule has 0 aromatic heterocycles. The Morgan fingerprint density at radius 2 is 1.81 bits per heavy atom. The first kappa shape index (κ1) is 12.8. The molecule has 16 heavy (non-hydrogen) atoms. The zero-order chi connectivity index (χ0) is 12.0. The second-order valence-corrected chi connectivity index (χ2v) is 5.01. The maximum absolute atomic E-state index is 8.62. The van der Waals surface area contributed by atoms with Gasteiger partial charge >= 0.3 is 0 Å². The molecule has 2 N–H and O–H groups in total. The topological polar surface area (TPSA) is 41.5 Å². The molecule has 0 unspecified atom stereocenters. The minimum Gasteiger partial charge on any atom is -0.491 e. The summed E-state index contributed by atoms with van der Waals surface area (Å²) in [4.78, 5) is 0. The number of benzene rings is 1. The lowest BCUT2D eigenvalue weighted by Gasteiger charge is -2.19. The standard InChI is InChI=1S/C13H21NO2/c1-13(2,3)10-14-11-4-6-12(7-5-11)16-9-8-15/h4-7,14-15H,8-10H2,1-3H3. The molecule has 1 aromatic carbocycles. The van der Waals surface area contributed by atoms with Crippen LogP contribution in [0.5, 0.6) is 5.75 Å². The van der Waals surface area contributed by atoms with Gasteiger partial charge in [-0.2, -0.15) is 0 Å². The van der Waals surface area contributed by atoms with Crippen molar-refractivity contribution >= 4 is 5.69 Å². The van der Waals surface area contributed by atoms with Crippen molar-refractivity contribution in [3.05, 3.63) is 24.3 Å². The molecule has 0 spiro atoms. The van der Waals surface area contributed by atoms with Gasteiger partial charge in [-0.1, -0.05) is 20.8 Å². The highest BCUT2D eigenvalue weighted by Gasteiger charge is 2.08. The first-order valence-electron chi connectivity index (χ1n) is 5.59. The van der Waals surface area contributed by atoms with Gasteiger partial charge in [-0.25, -0.2) is 0 Å². The minimum atomic E-state index is 0.0457. The third kappa shape index (κ3) is 5.03. The SMILES string of the molecule is CC(C)(C)CNc1ccc(OCCO)cc1. The number of nitrogens with one attached hydrogen (secondary N) is 1. The first-order valence-corrected chi connectivity index (χ1v) is 5.59. The second kappa shape index (κ2) is 5.75. The van der Waals surface area contributed by atoms with Crippen LogP contribution in [0.2, 0.25) is 0 Å². The van der Waals surface area contributed by atoms with Gasteiger partial charge in [-0.15, -0.1) is 0 Å². The quantitative estimate of drug-likeness (QED) is 0.806. The van der Waals surface area contributed by atoms with Crippen LogP contribution in [-0.4, -0.2) is 24.9 Å². The highest BCUT2D eigenvalue weighted by molar-refractivity contribution is 5.46. The molecule has 0 saturated heterocycles. The minimum absolute atomic E-state index is 0.0457. The number of hydrogen-bond donors (Lipinski definition) is 2. The van der Waals surface area contributed by atoms with Gasteiger partial charge in [0.15, 0.2) is 0 Å². The molecule has 0 atom stereocenters. The van der Waals surface area contributed by atoms with Crippen molar-refractivity contribution in [2.24, 2.45) is 5.41 Å². The maximum Gasteiger partial charge on any atom is 0.119 e. The third-order valence-electron chi connectivity index (χ3n) is 2.04. The Bertz CT molecular complexity index is 301. The normalized spacial score (nSPS) is 11.2. The van der Waals surface area contributed by atoms with E-state index >= 15 is 0 Å². The summed E-state index contributed by atoms with van der Waals surface area (Å²) in [7, 11) is 0. The van der Waals surface area contributed by atoms with E-state index in [2.05, 4.69) is 26.1 Å². The Hall–Kier alpha value is -1.22. The Labute approximate surface area is 97.4 Å². The van der Waals surface area contributed by atoms with Crippen molar-refractivity contribution in [3.63, 3.8) is 0 Å². The molecule has 90 valence electrons. The number of aliphatic hydroxyl groups excluding tert-OH is 1. The zero-order valence-corrected chi connectivity index (χ0v) is 10.3. The molecule has 0 saturated carbocycles. The van der Waals surface area contributed by atoms with E-state index in [1.54, 1.807) is 0 Å². The fraction of sp³-hybridized carbons (Fsp3) is 0.538. The number of anilines is 1. The maximum atomic E-state index is 8.62. The summed E-state index contributed by atoms with van der Waals surface area (Å²) in [6.07, 6.45) is 0. The molecular weight excluding hydrogens is 202 g/mol. The van der Waals surface area contributed by atoms with Crippen molar-refractivity contribution in [1.29, 1.82) is 0 Å². The van der Waals surface area contributed by atoms with Crippen LogP contribution >= 0.6 is 0 Å². The van der Waals surface area contributed by atoms with Gasteiger partial charge in [0, 0.05) is 12.2 Å². The number of aliphatic hydroxyl groups is 1. The van der Waals surface area contributed by atoms with E-state index in [0.29, 0.717) is 6.61 Å². The molecule has 0 bridgehead atoms. The molecular formula is C13H21NO2. The fourth-order valence-electron chi connectivity index (χ4n) is 1.20. The largest absolute Gasteiger partial charge is 0.491 e. The summed E-state index contributed by atoms with van der Waals surface area (Å²) in [5.74, 6) is 0.787. The van der Waals surface area contributed by atoms with Gasteiger partial charge in [-0.05, 0) is 29.7 Å². The highest BCUT2D eigenvalue weighted by atomic mass is 16.5. The molecule has 1 aromatic rings. The zero-order valence-electron chi connectivity index (χ0n) is 10.3. The number of ether oxygens (including phenoxy) is 1. The van der Waals surface area contributed by atoms with Crippen LogP contribution in [0.15, 0.2) is 24.3 Å². The van der Waals surface area contributed by atoms with Crippen molar-refractivity contribution in [2.45, 2.75) is 20.8 Å². The molecule has 0 aliphatic heterocycles.